The Bertz CT molecular complexity index is 1630. The summed E-state index contributed by atoms with van der Waals surface area (Å²) in [5.41, 5.74) is 6.77. The summed E-state index contributed by atoms with van der Waals surface area (Å²) in [7, 11) is -3.72. The van der Waals surface area contributed by atoms with Crippen LogP contribution >= 0.6 is 0 Å². The normalized spacial score (nSPS) is 18.1. The molecule has 1 N–H and O–H groups in total. The van der Waals surface area contributed by atoms with E-state index >= 15 is 0 Å². The number of piperidine rings is 1. The van der Waals surface area contributed by atoms with Gasteiger partial charge in [-0.15, -0.1) is 0 Å². The molecule has 0 saturated carbocycles. The lowest BCUT2D eigenvalue weighted by molar-refractivity contribution is 0.176. The van der Waals surface area contributed by atoms with E-state index in [0.29, 0.717) is 17.2 Å². The van der Waals surface area contributed by atoms with Crippen molar-refractivity contribution >= 4 is 9.84 Å². The molecule has 1 saturated heterocycles. The molecule has 3 heterocycles. The number of sulfone groups is 1. The monoisotopic (exact) mass is 569 g/mol. The molecule has 41 heavy (non-hydrogen) atoms. The molecule has 0 bridgehead atoms. The molecule has 2 aromatic heterocycles. The second-order valence-electron chi connectivity index (χ2n) is 11.6. The lowest BCUT2D eigenvalue weighted by Gasteiger charge is -2.32. The van der Waals surface area contributed by atoms with Crippen LogP contribution in [0, 0.1) is 26.7 Å². The number of nitrogens with zero attached hydrogens (tertiary/aromatic N) is 2. The summed E-state index contributed by atoms with van der Waals surface area (Å²) < 4.78 is 36.9. The zero-order valence-corrected chi connectivity index (χ0v) is 25.0. The topological polar surface area (TPSA) is 73.2 Å². The fourth-order valence-electron chi connectivity index (χ4n) is 6.42. The lowest BCUT2D eigenvalue weighted by Crippen LogP contribution is -2.43. The second-order valence-corrected chi connectivity index (χ2v) is 13.6. The van der Waals surface area contributed by atoms with Crippen LogP contribution in [0.1, 0.15) is 53.8 Å². The van der Waals surface area contributed by atoms with Gasteiger partial charge >= 0.3 is 0 Å². The highest BCUT2D eigenvalue weighted by Crippen LogP contribution is 2.39. The van der Waals surface area contributed by atoms with E-state index in [0.717, 1.165) is 84.7 Å². The summed E-state index contributed by atoms with van der Waals surface area (Å²) >= 11 is 0. The van der Waals surface area contributed by atoms with Gasteiger partial charge in [0.05, 0.1) is 10.6 Å². The van der Waals surface area contributed by atoms with E-state index in [2.05, 4.69) is 54.1 Å². The molecular formula is C34H39N3O3S. The summed E-state index contributed by atoms with van der Waals surface area (Å²) in [6, 6.07) is 21.6. The van der Waals surface area contributed by atoms with Crippen molar-refractivity contribution in [2.24, 2.45) is 5.92 Å². The van der Waals surface area contributed by atoms with Crippen molar-refractivity contribution in [1.82, 2.24) is 14.9 Å². The summed E-state index contributed by atoms with van der Waals surface area (Å²) in [5.74, 6) is 1.48. The molecular weight excluding hydrogens is 530 g/mol. The van der Waals surface area contributed by atoms with Gasteiger partial charge in [0.2, 0.25) is 15.3 Å². The predicted molar refractivity (Wildman–Crippen MR) is 163 cm³/mol. The van der Waals surface area contributed by atoms with Crippen LogP contribution < -0.4 is 10.1 Å². The van der Waals surface area contributed by atoms with E-state index in [-0.39, 0.29) is 5.92 Å². The number of hydrogen-bond acceptors (Lipinski definition) is 5. The number of aryl methyl sites for hydroxylation is 3. The van der Waals surface area contributed by atoms with Crippen molar-refractivity contribution in [1.29, 1.82) is 0 Å². The van der Waals surface area contributed by atoms with Crippen LogP contribution in [0.25, 0.3) is 17.1 Å². The molecule has 4 aromatic rings. The first-order valence-corrected chi connectivity index (χ1v) is 16.3. The van der Waals surface area contributed by atoms with E-state index in [1.807, 2.05) is 31.2 Å². The summed E-state index contributed by atoms with van der Waals surface area (Å²) in [5, 5.41) is 3.40. The average Bonchev–Trinajstić information content (AvgIpc) is 3.33. The predicted octanol–water partition coefficient (Wildman–Crippen LogP) is 6.52. The zero-order valence-electron chi connectivity index (χ0n) is 24.2. The number of fused-ring (bicyclic) bond motifs is 1. The minimum atomic E-state index is -3.72. The highest BCUT2D eigenvalue weighted by Gasteiger charge is 2.38. The molecule has 2 aromatic carbocycles. The first-order valence-electron chi connectivity index (χ1n) is 14.8. The van der Waals surface area contributed by atoms with Crippen LogP contribution in [0.4, 0.5) is 0 Å². The molecule has 1 fully saturated rings. The van der Waals surface area contributed by atoms with Gasteiger partial charge in [0.25, 0.3) is 0 Å². The molecule has 2 aliphatic rings. The number of nitrogens with one attached hydrogen (secondary N) is 1. The third-order valence-electron chi connectivity index (χ3n) is 8.62. The van der Waals surface area contributed by atoms with Crippen molar-refractivity contribution < 1.29 is 13.2 Å². The summed E-state index contributed by atoms with van der Waals surface area (Å²) in [6.45, 7) is 7.70. The van der Waals surface area contributed by atoms with Crippen molar-refractivity contribution in [3.8, 4) is 22.8 Å². The second kappa shape index (κ2) is 11.5. The Balaban J connectivity index is 1.40. The van der Waals surface area contributed by atoms with Crippen LogP contribution in [-0.4, -0.2) is 36.5 Å². The largest absolute Gasteiger partial charge is 0.474 e. The van der Waals surface area contributed by atoms with Crippen molar-refractivity contribution in [2.75, 3.05) is 13.1 Å². The highest BCUT2D eigenvalue weighted by molar-refractivity contribution is 7.92. The third kappa shape index (κ3) is 5.45. The Hall–Kier alpha value is -3.42. The number of pyridine rings is 1. The molecule has 0 amide bonds. The fourth-order valence-corrected chi connectivity index (χ4v) is 8.18. The van der Waals surface area contributed by atoms with E-state index in [9.17, 15) is 8.42 Å². The average molecular weight is 570 g/mol. The fraction of sp³-hybridized carbons (Fsp3) is 0.382. The number of aromatic nitrogens is 2. The van der Waals surface area contributed by atoms with Crippen molar-refractivity contribution in [3.05, 3.63) is 94.8 Å². The minimum Gasteiger partial charge on any atom is -0.474 e. The molecule has 6 nitrogen and oxygen atoms in total. The Kier molecular flexibility index (Phi) is 7.75. The SMILES string of the molecule is Cc1ccc(S(=O)(=O)C(Oc2ccc(-c3cccc(-n4c(C)ccc4C)n3)c3c2CCCC3)C2CCCNC2)cc1. The van der Waals surface area contributed by atoms with Crippen LogP contribution in [0.2, 0.25) is 0 Å². The maximum Gasteiger partial charge on any atom is 0.216 e. The molecule has 2 unspecified atom stereocenters. The Morgan fingerprint density at radius 3 is 2.32 bits per heavy atom. The number of ether oxygens (including phenoxy) is 1. The smallest absolute Gasteiger partial charge is 0.216 e. The maximum absolute atomic E-state index is 14.0. The Morgan fingerprint density at radius 1 is 0.878 bits per heavy atom. The van der Waals surface area contributed by atoms with E-state index < -0.39 is 15.3 Å². The summed E-state index contributed by atoms with van der Waals surface area (Å²) in [6.07, 6.45) is 5.70. The van der Waals surface area contributed by atoms with E-state index in [1.165, 1.54) is 5.56 Å². The van der Waals surface area contributed by atoms with Gasteiger partial charge in [0.1, 0.15) is 11.6 Å². The van der Waals surface area contributed by atoms with E-state index in [1.54, 1.807) is 12.1 Å². The van der Waals surface area contributed by atoms with E-state index in [4.69, 9.17) is 9.72 Å². The Labute approximate surface area is 243 Å². The number of benzene rings is 2. The zero-order chi connectivity index (χ0) is 28.6. The molecule has 1 aliphatic heterocycles. The van der Waals surface area contributed by atoms with Crippen LogP contribution in [-0.2, 0) is 22.7 Å². The molecule has 6 rings (SSSR count). The quantitative estimate of drug-likeness (QED) is 0.274. The van der Waals surface area contributed by atoms with Crippen LogP contribution in [0.5, 0.6) is 5.75 Å². The molecule has 0 spiro atoms. The maximum atomic E-state index is 14.0. The van der Waals surface area contributed by atoms with Crippen LogP contribution in [0.3, 0.4) is 0 Å². The lowest BCUT2D eigenvalue weighted by atomic mass is 9.86. The van der Waals surface area contributed by atoms with Gasteiger partial charge in [0.15, 0.2) is 0 Å². The first-order chi connectivity index (χ1) is 19.8. The van der Waals surface area contributed by atoms with Crippen molar-refractivity contribution in [3.63, 3.8) is 0 Å². The number of rotatable bonds is 7. The van der Waals surface area contributed by atoms with Crippen molar-refractivity contribution in [2.45, 2.75) is 69.6 Å². The summed E-state index contributed by atoms with van der Waals surface area (Å²) in [4.78, 5) is 5.40. The number of hydrogen-bond donors (Lipinski definition) is 1. The first kappa shape index (κ1) is 27.7. The van der Waals surface area contributed by atoms with Gasteiger partial charge in [-0.05, 0) is 125 Å². The molecule has 1 aliphatic carbocycles. The molecule has 214 valence electrons. The molecule has 7 heteroatoms. The van der Waals surface area contributed by atoms with Gasteiger partial charge in [-0.3, -0.25) is 0 Å². The Morgan fingerprint density at radius 2 is 1.61 bits per heavy atom. The van der Waals surface area contributed by atoms with Gasteiger partial charge in [0, 0.05) is 29.4 Å². The van der Waals surface area contributed by atoms with Gasteiger partial charge in [-0.1, -0.05) is 23.8 Å². The van der Waals surface area contributed by atoms with Crippen LogP contribution in [0.15, 0.2) is 71.6 Å². The third-order valence-corrected chi connectivity index (χ3v) is 10.6. The van der Waals surface area contributed by atoms with Gasteiger partial charge < -0.3 is 14.6 Å². The standard InChI is InChI=1S/C34H39N3O3S/c1-23-13-17-27(18-14-23)41(38,39)34(26-8-7-21-35-22-26)40-32-20-19-29(28-9-4-5-10-30(28)32)31-11-6-12-33(36-31)37-24(2)15-16-25(37)3/h6,11-20,26,34-35H,4-5,7-10,21-22H2,1-3H3. The molecule has 2 atom stereocenters. The molecule has 0 radical (unpaired) electrons. The van der Waals surface area contributed by atoms with Gasteiger partial charge in [-0.2, -0.15) is 0 Å². The minimum absolute atomic E-state index is 0.125. The van der Waals surface area contributed by atoms with Gasteiger partial charge in [-0.25, -0.2) is 13.4 Å². The highest BCUT2D eigenvalue weighted by atomic mass is 32.2.